The lowest BCUT2D eigenvalue weighted by molar-refractivity contribution is -0.173. The van der Waals surface area contributed by atoms with Gasteiger partial charge in [-0.15, -0.1) is 0 Å². The summed E-state index contributed by atoms with van der Waals surface area (Å²) < 4.78 is 40.2. The molecule has 0 saturated carbocycles. The van der Waals surface area contributed by atoms with Crippen LogP contribution in [0.25, 0.3) is 0 Å². The maximum absolute atomic E-state index is 11.8. The van der Waals surface area contributed by atoms with Gasteiger partial charge in [-0.1, -0.05) is 0 Å². The SMILES string of the molecule is CC(C)(C)OC(=O)CNC(=O)CNC(=O)C(F)(F)F. The Hall–Kier alpha value is -1.80. The molecule has 0 fully saturated rings. The van der Waals surface area contributed by atoms with Crippen molar-refractivity contribution in [3.8, 4) is 0 Å². The van der Waals surface area contributed by atoms with Crippen LogP contribution in [0.3, 0.4) is 0 Å². The molecule has 0 bridgehead atoms. The van der Waals surface area contributed by atoms with Gasteiger partial charge in [-0.2, -0.15) is 13.2 Å². The maximum Gasteiger partial charge on any atom is 0.471 e. The van der Waals surface area contributed by atoms with Crippen LogP contribution in [-0.2, 0) is 19.1 Å². The van der Waals surface area contributed by atoms with Gasteiger partial charge >= 0.3 is 18.1 Å². The van der Waals surface area contributed by atoms with E-state index in [2.05, 4.69) is 0 Å². The molecule has 0 aliphatic heterocycles. The van der Waals surface area contributed by atoms with Crippen molar-refractivity contribution in [1.82, 2.24) is 10.6 Å². The molecule has 0 rings (SSSR count). The van der Waals surface area contributed by atoms with E-state index in [1.807, 2.05) is 5.32 Å². The van der Waals surface area contributed by atoms with Gasteiger partial charge in [-0.3, -0.25) is 14.4 Å². The van der Waals surface area contributed by atoms with Crippen molar-refractivity contribution in [3.05, 3.63) is 0 Å². The summed E-state index contributed by atoms with van der Waals surface area (Å²) in [6.45, 7) is 3.50. The van der Waals surface area contributed by atoms with Crippen LogP contribution < -0.4 is 10.6 Å². The zero-order chi connectivity index (χ0) is 15.3. The Morgan fingerprint density at radius 2 is 1.53 bits per heavy atom. The standard InChI is InChI=1S/C10H15F3N2O4/c1-9(2,3)19-7(17)5-14-6(16)4-15-8(18)10(11,12)13/h4-5H2,1-3H3,(H,14,16)(H,15,18). The molecular weight excluding hydrogens is 269 g/mol. The first-order valence-electron chi connectivity index (χ1n) is 5.25. The van der Waals surface area contributed by atoms with Gasteiger partial charge in [0.15, 0.2) is 0 Å². The van der Waals surface area contributed by atoms with Crippen molar-refractivity contribution in [2.75, 3.05) is 13.1 Å². The van der Waals surface area contributed by atoms with Crippen LogP contribution in [0, 0.1) is 0 Å². The van der Waals surface area contributed by atoms with Crippen molar-refractivity contribution < 1.29 is 32.3 Å². The van der Waals surface area contributed by atoms with Crippen molar-refractivity contribution >= 4 is 17.8 Å². The Labute approximate surface area is 107 Å². The largest absolute Gasteiger partial charge is 0.471 e. The number of hydrogen-bond donors (Lipinski definition) is 2. The van der Waals surface area contributed by atoms with Crippen LogP contribution in [0.2, 0.25) is 0 Å². The number of hydrogen-bond acceptors (Lipinski definition) is 4. The summed E-state index contributed by atoms with van der Waals surface area (Å²) >= 11 is 0. The average molecular weight is 284 g/mol. The molecule has 0 aliphatic rings. The second-order valence-electron chi connectivity index (χ2n) is 4.54. The molecule has 0 aromatic rings. The summed E-state index contributed by atoms with van der Waals surface area (Å²) in [6, 6.07) is 0. The lowest BCUT2D eigenvalue weighted by Gasteiger charge is -2.19. The quantitative estimate of drug-likeness (QED) is 0.718. The molecule has 6 nitrogen and oxygen atoms in total. The van der Waals surface area contributed by atoms with Crippen molar-refractivity contribution in [2.24, 2.45) is 0 Å². The highest BCUT2D eigenvalue weighted by Gasteiger charge is 2.38. The van der Waals surface area contributed by atoms with Crippen LogP contribution in [0.5, 0.6) is 0 Å². The van der Waals surface area contributed by atoms with E-state index in [1.165, 1.54) is 5.32 Å². The smallest absolute Gasteiger partial charge is 0.459 e. The minimum absolute atomic E-state index is 0.488. The van der Waals surface area contributed by atoms with Crippen molar-refractivity contribution in [1.29, 1.82) is 0 Å². The highest BCUT2D eigenvalue weighted by molar-refractivity contribution is 5.88. The van der Waals surface area contributed by atoms with Gasteiger partial charge < -0.3 is 15.4 Å². The fourth-order valence-electron chi connectivity index (χ4n) is 0.872. The Bertz CT molecular complexity index is 361. The summed E-state index contributed by atoms with van der Waals surface area (Å²) in [4.78, 5) is 32.6. The molecule has 0 spiro atoms. The normalized spacial score (nSPS) is 11.7. The molecular formula is C10H15F3N2O4. The number of ether oxygens (including phenoxy) is 1. The number of carbonyl (C=O) groups is 3. The Kier molecular flexibility index (Phi) is 5.79. The van der Waals surface area contributed by atoms with Gasteiger partial charge in [0.2, 0.25) is 5.91 Å². The summed E-state index contributed by atoms with van der Waals surface area (Å²) in [5.74, 6) is -3.88. The number of esters is 1. The molecule has 0 atom stereocenters. The zero-order valence-corrected chi connectivity index (χ0v) is 10.7. The first kappa shape index (κ1) is 17.2. The minimum atomic E-state index is -5.05. The lowest BCUT2D eigenvalue weighted by atomic mass is 10.2. The fourth-order valence-corrected chi connectivity index (χ4v) is 0.872. The molecule has 0 heterocycles. The molecule has 0 saturated heterocycles. The number of halogens is 3. The molecule has 0 aliphatic carbocycles. The third-order valence-electron chi connectivity index (χ3n) is 1.52. The summed E-state index contributed by atoms with van der Waals surface area (Å²) in [7, 11) is 0. The summed E-state index contributed by atoms with van der Waals surface area (Å²) in [6.07, 6.45) is -5.05. The average Bonchev–Trinajstić information content (AvgIpc) is 2.19. The molecule has 0 unspecified atom stereocenters. The first-order chi connectivity index (χ1) is 8.42. The van der Waals surface area contributed by atoms with Crippen LogP contribution >= 0.6 is 0 Å². The van der Waals surface area contributed by atoms with E-state index < -0.39 is 42.7 Å². The molecule has 2 N–H and O–H groups in total. The predicted octanol–water partition coefficient (Wildman–Crippen LogP) is 0.123. The van der Waals surface area contributed by atoms with Crippen molar-refractivity contribution in [3.63, 3.8) is 0 Å². The second-order valence-corrected chi connectivity index (χ2v) is 4.54. The van der Waals surface area contributed by atoms with E-state index in [9.17, 15) is 27.6 Å². The molecule has 0 aromatic carbocycles. The lowest BCUT2D eigenvalue weighted by Crippen LogP contribution is -2.44. The van der Waals surface area contributed by atoms with E-state index in [0.29, 0.717) is 0 Å². The Morgan fingerprint density at radius 1 is 1.00 bits per heavy atom. The fraction of sp³-hybridized carbons (Fsp3) is 0.700. The molecule has 9 heteroatoms. The summed E-state index contributed by atoms with van der Waals surface area (Å²) in [5, 5.41) is 3.38. The topological polar surface area (TPSA) is 84.5 Å². The van der Waals surface area contributed by atoms with Crippen LogP contribution in [-0.4, -0.2) is 42.7 Å². The van der Waals surface area contributed by atoms with Crippen molar-refractivity contribution in [2.45, 2.75) is 32.5 Å². The second kappa shape index (κ2) is 6.39. The highest BCUT2D eigenvalue weighted by Crippen LogP contribution is 2.13. The predicted molar refractivity (Wildman–Crippen MR) is 57.9 cm³/mol. The summed E-state index contributed by atoms with van der Waals surface area (Å²) in [5.41, 5.74) is -0.730. The number of rotatable bonds is 4. The van der Waals surface area contributed by atoms with E-state index in [4.69, 9.17) is 4.74 Å². The van der Waals surface area contributed by atoms with Gasteiger partial charge in [-0.05, 0) is 20.8 Å². The van der Waals surface area contributed by atoms with Crippen LogP contribution in [0.1, 0.15) is 20.8 Å². The van der Waals surface area contributed by atoms with E-state index in [1.54, 1.807) is 20.8 Å². The number of carbonyl (C=O) groups excluding carboxylic acids is 3. The first-order valence-corrected chi connectivity index (χ1v) is 5.25. The van der Waals surface area contributed by atoms with E-state index in [0.717, 1.165) is 0 Å². The van der Waals surface area contributed by atoms with Gasteiger partial charge in [0.1, 0.15) is 12.1 Å². The third-order valence-corrected chi connectivity index (χ3v) is 1.52. The molecule has 0 radical (unpaired) electrons. The zero-order valence-electron chi connectivity index (χ0n) is 10.7. The maximum atomic E-state index is 11.8. The Balaban J connectivity index is 3.95. The monoisotopic (exact) mass is 284 g/mol. The van der Waals surface area contributed by atoms with Gasteiger partial charge in [0, 0.05) is 0 Å². The number of alkyl halides is 3. The van der Waals surface area contributed by atoms with E-state index in [-0.39, 0.29) is 0 Å². The highest BCUT2D eigenvalue weighted by atomic mass is 19.4. The number of amides is 2. The Morgan fingerprint density at radius 3 is 1.95 bits per heavy atom. The van der Waals surface area contributed by atoms with Gasteiger partial charge in [0.05, 0.1) is 6.54 Å². The number of nitrogens with one attached hydrogen (secondary N) is 2. The molecule has 110 valence electrons. The third kappa shape index (κ3) is 8.86. The molecule has 2 amide bonds. The van der Waals surface area contributed by atoms with Gasteiger partial charge in [-0.25, -0.2) is 0 Å². The van der Waals surface area contributed by atoms with E-state index >= 15 is 0 Å². The van der Waals surface area contributed by atoms with Gasteiger partial charge in [0.25, 0.3) is 0 Å². The molecule has 19 heavy (non-hydrogen) atoms. The molecule has 0 aromatic heterocycles. The van der Waals surface area contributed by atoms with Crippen LogP contribution in [0.15, 0.2) is 0 Å². The minimum Gasteiger partial charge on any atom is -0.459 e. The van der Waals surface area contributed by atoms with Crippen LogP contribution in [0.4, 0.5) is 13.2 Å².